The van der Waals surface area contributed by atoms with Crippen molar-refractivity contribution in [2.75, 3.05) is 0 Å². The maximum absolute atomic E-state index is 14.4. The predicted octanol–water partition coefficient (Wildman–Crippen LogP) is 4.45. The summed E-state index contributed by atoms with van der Waals surface area (Å²) >= 11 is 0. The summed E-state index contributed by atoms with van der Waals surface area (Å²) in [5, 5.41) is 14.7. The Kier molecular flexibility index (Phi) is 5.28. The molecule has 1 atom stereocenters. The molecule has 1 N–H and O–H groups in total. The van der Waals surface area contributed by atoms with Crippen LogP contribution in [-0.2, 0) is 4.57 Å². The number of nitrogens with zero attached hydrogens (tertiary/aromatic N) is 1. The highest BCUT2D eigenvalue weighted by atomic mass is 31.2. The lowest BCUT2D eigenvalue weighted by Gasteiger charge is -2.40. The van der Waals surface area contributed by atoms with Crippen LogP contribution < -0.4 is 15.7 Å². The standard InChI is InChI=1S/C21H27N2OP/c1-16-11-7-9-13-18(16)25(24,19-14-10-8-12-17(19)2)23-21(6,15-22)20(3,4)5/h7-14H,1-6H3,(H,23,24)/t21-/m0/s1. The van der Waals surface area contributed by atoms with Gasteiger partial charge in [-0.1, -0.05) is 57.2 Å². The monoisotopic (exact) mass is 354 g/mol. The van der Waals surface area contributed by atoms with Crippen LogP contribution in [0.2, 0.25) is 0 Å². The Bertz CT molecular complexity index is 811. The molecule has 0 aliphatic carbocycles. The zero-order valence-corrected chi connectivity index (χ0v) is 16.8. The first-order chi connectivity index (χ1) is 11.5. The first-order valence-corrected chi connectivity index (χ1v) is 10.2. The molecular formula is C21H27N2OP. The summed E-state index contributed by atoms with van der Waals surface area (Å²) in [5.41, 5.74) is 0.571. The maximum Gasteiger partial charge on any atom is 0.206 e. The van der Waals surface area contributed by atoms with E-state index in [1.54, 1.807) is 0 Å². The van der Waals surface area contributed by atoms with Crippen LogP contribution in [-0.4, -0.2) is 5.54 Å². The van der Waals surface area contributed by atoms with Gasteiger partial charge in [0, 0.05) is 10.6 Å². The maximum atomic E-state index is 14.4. The first kappa shape index (κ1) is 19.4. The molecule has 0 fully saturated rings. The van der Waals surface area contributed by atoms with E-state index in [2.05, 4.69) is 11.2 Å². The van der Waals surface area contributed by atoms with Crippen LogP contribution >= 0.6 is 7.29 Å². The Balaban J connectivity index is 2.76. The highest BCUT2D eigenvalue weighted by molar-refractivity contribution is 7.77. The van der Waals surface area contributed by atoms with Crippen LogP contribution in [0.4, 0.5) is 0 Å². The number of rotatable bonds is 4. The third-order valence-electron chi connectivity index (χ3n) is 5.01. The van der Waals surface area contributed by atoms with Crippen molar-refractivity contribution in [3.05, 3.63) is 59.7 Å². The van der Waals surface area contributed by atoms with E-state index in [0.717, 1.165) is 21.7 Å². The summed E-state index contributed by atoms with van der Waals surface area (Å²) in [4.78, 5) is 0. The summed E-state index contributed by atoms with van der Waals surface area (Å²) in [6.07, 6.45) is 0. The zero-order valence-electron chi connectivity index (χ0n) is 15.9. The smallest absolute Gasteiger partial charge is 0.206 e. The van der Waals surface area contributed by atoms with E-state index in [0.29, 0.717) is 0 Å². The van der Waals surface area contributed by atoms with Gasteiger partial charge in [0.15, 0.2) is 0 Å². The van der Waals surface area contributed by atoms with Gasteiger partial charge in [-0.3, -0.25) is 4.57 Å². The molecule has 0 heterocycles. The minimum Gasteiger partial charge on any atom is -0.296 e. The molecule has 0 aliphatic heterocycles. The first-order valence-electron chi connectivity index (χ1n) is 8.48. The fourth-order valence-corrected chi connectivity index (χ4v) is 6.01. The number of hydrogen-bond donors (Lipinski definition) is 1. The van der Waals surface area contributed by atoms with Gasteiger partial charge >= 0.3 is 0 Å². The second kappa shape index (κ2) is 6.79. The van der Waals surface area contributed by atoms with Crippen molar-refractivity contribution < 1.29 is 4.57 Å². The van der Waals surface area contributed by atoms with Crippen molar-refractivity contribution in [3.8, 4) is 6.07 Å². The summed E-state index contributed by atoms with van der Waals surface area (Å²) in [6, 6.07) is 17.8. The minimum atomic E-state index is -3.21. The normalized spacial score (nSPS) is 14.6. The number of benzene rings is 2. The van der Waals surface area contributed by atoms with Crippen LogP contribution in [0.1, 0.15) is 38.8 Å². The van der Waals surface area contributed by atoms with Crippen molar-refractivity contribution in [3.63, 3.8) is 0 Å². The minimum absolute atomic E-state index is 0.386. The quantitative estimate of drug-likeness (QED) is 0.825. The summed E-state index contributed by atoms with van der Waals surface area (Å²) in [5.74, 6) is 0. The number of nitriles is 1. The van der Waals surface area contributed by atoms with Crippen molar-refractivity contribution in [1.29, 1.82) is 5.26 Å². The van der Waals surface area contributed by atoms with Gasteiger partial charge in [-0.15, -0.1) is 0 Å². The van der Waals surface area contributed by atoms with E-state index in [9.17, 15) is 9.83 Å². The molecule has 0 radical (unpaired) electrons. The highest BCUT2D eigenvalue weighted by Crippen LogP contribution is 2.46. The van der Waals surface area contributed by atoms with Crippen LogP contribution in [0.3, 0.4) is 0 Å². The Morgan fingerprint density at radius 3 is 1.60 bits per heavy atom. The van der Waals surface area contributed by atoms with Gasteiger partial charge in [-0.2, -0.15) is 5.26 Å². The molecule has 0 aromatic heterocycles. The SMILES string of the molecule is Cc1ccccc1P(=O)(N[C@@](C)(C#N)C(C)(C)C)c1ccccc1C. The van der Waals surface area contributed by atoms with Crippen LogP contribution in [0, 0.1) is 30.6 Å². The average Bonchev–Trinajstić information content (AvgIpc) is 2.54. The molecule has 4 heteroatoms. The van der Waals surface area contributed by atoms with Crippen LogP contribution in [0.25, 0.3) is 0 Å². The molecule has 2 rings (SSSR count). The van der Waals surface area contributed by atoms with Gasteiger partial charge < -0.3 is 0 Å². The van der Waals surface area contributed by atoms with Gasteiger partial charge in [0.2, 0.25) is 7.29 Å². The van der Waals surface area contributed by atoms with E-state index >= 15 is 0 Å². The lowest BCUT2D eigenvalue weighted by atomic mass is 9.77. The van der Waals surface area contributed by atoms with E-state index < -0.39 is 12.8 Å². The van der Waals surface area contributed by atoms with Gasteiger partial charge in [-0.25, -0.2) is 5.09 Å². The van der Waals surface area contributed by atoms with E-state index in [1.165, 1.54) is 0 Å². The van der Waals surface area contributed by atoms with Crippen molar-refractivity contribution in [2.24, 2.45) is 5.41 Å². The highest BCUT2D eigenvalue weighted by Gasteiger charge is 2.44. The Hall–Kier alpha value is -1.88. The largest absolute Gasteiger partial charge is 0.296 e. The molecule has 0 saturated carbocycles. The molecule has 25 heavy (non-hydrogen) atoms. The van der Waals surface area contributed by atoms with Gasteiger partial charge in [0.05, 0.1) is 6.07 Å². The predicted molar refractivity (Wildman–Crippen MR) is 106 cm³/mol. The number of hydrogen-bond acceptors (Lipinski definition) is 2. The van der Waals surface area contributed by atoms with E-state index in [4.69, 9.17) is 0 Å². The van der Waals surface area contributed by atoms with Crippen molar-refractivity contribution in [1.82, 2.24) is 5.09 Å². The lowest BCUT2D eigenvalue weighted by Crippen LogP contribution is -2.52. The summed E-state index contributed by atoms with van der Waals surface area (Å²) in [6.45, 7) is 11.7. The Morgan fingerprint density at radius 1 is 0.880 bits per heavy atom. The Labute approximate surface area is 151 Å². The van der Waals surface area contributed by atoms with E-state index in [-0.39, 0.29) is 5.41 Å². The summed E-state index contributed by atoms with van der Waals surface area (Å²) < 4.78 is 14.4. The fraction of sp³-hybridized carbons (Fsp3) is 0.381. The molecule has 0 saturated heterocycles. The molecule has 2 aromatic rings. The second-order valence-corrected chi connectivity index (χ2v) is 10.2. The zero-order chi connectivity index (χ0) is 18.9. The number of nitrogens with one attached hydrogen (secondary N) is 1. The van der Waals surface area contributed by atoms with Crippen LogP contribution in [0.5, 0.6) is 0 Å². The van der Waals surface area contributed by atoms with Gasteiger partial charge in [-0.05, 0) is 49.4 Å². The molecule has 3 nitrogen and oxygen atoms in total. The van der Waals surface area contributed by atoms with E-state index in [1.807, 2.05) is 90.1 Å². The van der Waals surface area contributed by atoms with Crippen molar-refractivity contribution in [2.45, 2.75) is 47.1 Å². The molecular weight excluding hydrogens is 327 g/mol. The molecule has 0 unspecified atom stereocenters. The molecule has 0 bridgehead atoms. The topological polar surface area (TPSA) is 52.9 Å². The molecule has 0 aliphatic rings. The molecule has 2 aromatic carbocycles. The second-order valence-electron chi connectivity index (χ2n) is 7.78. The fourth-order valence-electron chi connectivity index (χ4n) is 2.76. The number of aryl methyl sites for hydroxylation is 2. The third kappa shape index (κ3) is 3.56. The third-order valence-corrected chi connectivity index (χ3v) is 8.14. The van der Waals surface area contributed by atoms with Crippen LogP contribution in [0.15, 0.2) is 48.5 Å². The average molecular weight is 354 g/mol. The van der Waals surface area contributed by atoms with Gasteiger partial charge in [0.25, 0.3) is 0 Å². The Morgan fingerprint density at radius 2 is 1.28 bits per heavy atom. The molecule has 0 amide bonds. The summed E-state index contributed by atoms with van der Waals surface area (Å²) in [7, 11) is -3.21. The van der Waals surface area contributed by atoms with Crippen molar-refractivity contribution >= 4 is 17.9 Å². The molecule has 132 valence electrons. The van der Waals surface area contributed by atoms with Gasteiger partial charge in [0.1, 0.15) is 5.54 Å². The molecule has 0 spiro atoms. The lowest BCUT2D eigenvalue weighted by molar-refractivity contribution is 0.248.